The van der Waals surface area contributed by atoms with Crippen LogP contribution >= 0.6 is 0 Å². The number of nitrogens with zero attached hydrogens (tertiary/aromatic N) is 1. The van der Waals surface area contributed by atoms with Crippen molar-refractivity contribution in [1.29, 1.82) is 0 Å². The van der Waals surface area contributed by atoms with Crippen LogP contribution in [-0.4, -0.2) is 32.3 Å². The molecule has 3 nitrogen and oxygen atoms in total. The minimum atomic E-state index is -2.27. The molecule has 1 aromatic rings. The molecule has 0 atom stereocenters. The third-order valence-electron chi connectivity index (χ3n) is 3.11. The van der Waals surface area contributed by atoms with Crippen LogP contribution < -0.4 is 0 Å². The van der Waals surface area contributed by atoms with Gasteiger partial charge in [0.15, 0.2) is 10.7 Å². The summed E-state index contributed by atoms with van der Waals surface area (Å²) in [5, 5.41) is 0. The average molecular weight is 238 g/mol. The molecule has 1 aliphatic rings. The van der Waals surface area contributed by atoms with Gasteiger partial charge in [-0.3, -0.25) is 4.90 Å². The Morgan fingerprint density at radius 3 is 2.69 bits per heavy atom. The molecule has 1 saturated heterocycles. The Balaban J connectivity index is 1.90. The standard InChI is InChI=1S/C12H16NO2S/c14-16(15)10-13-8-6-12(7-9-13)11-4-2-1-3-5-11/h1-2,4-5,12,16H,6-10H2. The quantitative estimate of drug-likeness (QED) is 0.805. The van der Waals surface area contributed by atoms with Gasteiger partial charge in [0.2, 0.25) is 0 Å². The molecule has 2 rings (SSSR count). The minimum Gasteiger partial charge on any atom is -0.290 e. The molecule has 87 valence electrons. The highest BCUT2D eigenvalue weighted by Crippen LogP contribution is 2.27. The monoisotopic (exact) mass is 238 g/mol. The van der Waals surface area contributed by atoms with Gasteiger partial charge in [-0.1, -0.05) is 24.3 Å². The molecule has 1 heterocycles. The lowest BCUT2D eigenvalue weighted by molar-refractivity contribution is 0.242. The van der Waals surface area contributed by atoms with Crippen molar-refractivity contribution in [3.63, 3.8) is 0 Å². The first-order valence-electron chi connectivity index (χ1n) is 5.56. The van der Waals surface area contributed by atoms with E-state index in [2.05, 4.69) is 12.1 Å². The molecule has 0 unspecified atom stereocenters. The van der Waals surface area contributed by atoms with E-state index in [1.165, 1.54) is 5.56 Å². The molecule has 0 aliphatic carbocycles. The van der Waals surface area contributed by atoms with Gasteiger partial charge in [0.05, 0.1) is 5.88 Å². The number of thiol groups is 1. The summed E-state index contributed by atoms with van der Waals surface area (Å²) < 4.78 is 21.2. The second-order valence-corrected chi connectivity index (χ2v) is 5.15. The van der Waals surface area contributed by atoms with Crippen LogP contribution in [0.25, 0.3) is 0 Å². The predicted molar refractivity (Wildman–Crippen MR) is 64.0 cm³/mol. The summed E-state index contributed by atoms with van der Waals surface area (Å²) >= 11 is 0. The Hall–Kier alpha value is -0.870. The van der Waals surface area contributed by atoms with Gasteiger partial charge in [0, 0.05) is 0 Å². The highest BCUT2D eigenvalue weighted by molar-refractivity contribution is 7.72. The molecule has 1 aliphatic heterocycles. The smallest absolute Gasteiger partial charge is 0.153 e. The van der Waals surface area contributed by atoms with Crippen molar-refractivity contribution < 1.29 is 8.42 Å². The molecule has 0 saturated carbocycles. The second-order valence-electron chi connectivity index (χ2n) is 4.20. The largest absolute Gasteiger partial charge is 0.290 e. The summed E-state index contributed by atoms with van der Waals surface area (Å²) in [7, 11) is -2.27. The van der Waals surface area contributed by atoms with Crippen LogP contribution in [0.1, 0.15) is 24.3 Å². The zero-order valence-electron chi connectivity index (χ0n) is 9.13. The van der Waals surface area contributed by atoms with Crippen molar-refractivity contribution in [2.24, 2.45) is 0 Å². The molecule has 1 radical (unpaired) electrons. The molecule has 0 amide bonds. The van der Waals surface area contributed by atoms with Crippen LogP contribution in [0.2, 0.25) is 0 Å². The summed E-state index contributed by atoms with van der Waals surface area (Å²) in [5.41, 5.74) is 1.33. The Labute approximate surface area is 98.0 Å². The molecule has 1 fully saturated rings. The number of benzene rings is 1. The van der Waals surface area contributed by atoms with Crippen LogP contribution in [0, 0.1) is 6.07 Å². The number of rotatable bonds is 3. The first-order valence-corrected chi connectivity index (χ1v) is 6.92. The van der Waals surface area contributed by atoms with Gasteiger partial charge in [0.1, 0.15) is 0 Å². The maximum atomic E-state index is 10.6. The first-order chi connectivity index (χ1) is 7.75. The first kappa shape index (κ1) is 11.6. The van der Waals surface area contributed by atoms with Gasteiger partial charge < -0.3 is 0 Å². The number of likely N-dealkylation sites (tertiary alicyclic amines) is 1. The van der Waals surface area contributed by atoms with Gasteiger partial charge >= 0.3 is 0 Å². The fraction of sp³-hybridized carbons (Fsp3) is 0.500. The normalized spacial score (nSPS) is 19.1. The number of hydrogen-bond acceptors (Lipinski definition) is 3. The SMILES string of the molecule is O=[SH](=O)CN1CCC(c2c[c]ccc2)CC1. The van der Waals surface area contributed by atoms with E-state index in [1.807, 2.05) is 23.1 Å². The molecule has 1 aromatic carbocycles. The van der Waals surface area contributed by atoms with Crippen molar-refractivity contribution in [2.45, 2.75) is 18.8 Å². The summed E-state index contributed by atoms with van der Waals surface area (Å²) in [4.78, 5) is 2.01. The lowest BCUT2D eigenvalue weighted by Gasteiger charge is -2.30. The topological polar surface area (TPSA) is 37.4 Å². The number of hydrogen-bond donors (Lipinski definition) is 1. The van der Waals surface area contributed by atoms with Crippen LogP contribution in [0.15, 0.2) is 24.3 Å². The van der Waals surface area contributed by atoms with Crippen LogP contribution in [-0.2, 0) is 10.7 Å². The lowest BCUT2D eigenvalue weighted by Crippen LogP contribution is -2.34. The van der Waals surface area contributed by atoms with E-state index in [1.54, 1.807) is 0 Å². The molecule has 0 aromatic heterocycles. The summed E-state index contributed by atoms with van der Waals surface area (Å²) in [6.07, 6.45) is 2.09. The zero-order chi connectivity index (χ0) is 11.4. The van der Waals surface area contributed by atoms with Crippen molar-refractivity contribution in [1.82, 2.24) is 4.90 Å². The molecule has 4 heteroatoms. The van der Waals surface area contributed by atoms with Gasteiger partial charge in [-0.25, -0.2) is 8.42 Å². The van der Waals surface area contributed by atoms with E-state index in [0.717, 1.165) is 25.9 Å². The minimum absolute atomic E-state index is 0.211. The van der Waals surface area contributed by atoms with Crippen LogP contribution in [0.5, 0.6) is 0 Å². The number of piperidine rings is 1. The van der Waals surface area contributed by atoms with Crippen LogP contribution in [0.4, 0.5) is 0 Å². The van der Waals surface area contributed by atoms with E-state index in [4.69, 9.17) is 0 Å². The van der Waals surface area contributed by atoms with Gasteiger partial charge in [-0.2, -0.15) is 0 Å². The second kappa shape index (κ2) is 5.46. The fourth-order valence-electron chi connectivity index (χ4n) is 2.23. The fourth-order valence-corrected chi connectivity index (χ4v) is 2.84. The zero-order valence-corrected chi connectivity index (χ0v) is 10.0. The maximum absolute atomic E-state index is 10.6. The van der Waals surface area contributed by atoms with Crippen LogP contribution in [0.3, 0.4) is 0 Å². The Bertz CT molecular complexity index is 387. The van der Waals surface area contributed by atoms with E-state index in [0.29, 0.717) is 5.92 Å². The third kappa shape index (κ3) is 3.06. The van der Waals surface area contributed by atoms with Gasteiger partial charge in [-0.05, 0) is 43.5 Å². The Morgan fingerprint density at radius 1 is 1.38 bits per heavy atom. The van der Waals surface area contributed by atoms with E-state index < -0.39 is 10.7 Å². The van der Waals surface area contributed by atoms with Crippen molar-refractivity contribution in [2.75, 3.05) is 19.0 Å². The maximum Gasteiger partial charge on any atom is 0.153 e. The lowest BCUT2D eigenvalue weighted by atomic mass is 9.90. The van der Waals surface area contributed by atoms with Crippen molar-refractivity contribution in [3.8, 4) is 0 Å². The van der Waals surface area contributed by atoms with Gasteiger partial charge in [0.25, 0.3) is 0 Å². The van der Waals surface area contributed by atoms with Crippen molar-refractivity contribution in [3.05, 3.63) is 35.9 Å². The molecule has 0 N–H and O–H groups in total. The molecular weight excluding hydrogens is 222 g/mol. The highest BCUT2D eigenvalue weighted by atomic mass is 32.2. The van der Waals surface area contributed by atoms with E-state index >= 15 is 0 Å². The molecule has 16 heavy (non-hydrogen) atoms. The predicted octanol–water partition coefficient (Wildman–Crippen LogP) is 1.24. The molecular formula is C12H16NO2S. The Kier molecular flexibility index (Phi) is 3.96. The van der Waals surface area contributed by atoms with E-state index in [-0.39, 0.29) is 5.88 Å². The molecule has 0 bridgehead atoms. The highest BCUT2D eigenvalue weighted by Gasteiger charge is 2.20. The average Bonchev–Trinajstić information content (AvgIpc) is 2.30. The Morgan fingerprint density at radius 2 is 2.12 bits per heavy atom. The van der Waals surface area contributed by atoms with E-state index in [9.17, 15) is 8.42 Å². The summed E-state index contributed by atoms with van der Waals surface area (Å²) in [5.74, 6) is 0.779. The summed E-state index contributed by atoms with van der Waals surface area (Å²) in [6, 6.07) is 11.2. The third-order valence-corrected chi connectivity index (χ3v) is 3.74. The van der Waals surface area contributed by atoms with Gasteiger partial charge in [-0.15, -0.1) is 0 Å². The van der Waals surface area contributed by atoms with Crippen molar-refractivity contribution >= 4 is 10.7 Å². The molecule has 0 spiro atoms. The summed E-state index contributed by atoms with van der Waals surface area (Å²) in [6.45, 7) is 1.76.